The van der Waals surface area contributed by atoms with E-state index in [1.807, 2.05) is 6.92 Å². The van der Waals surface area contributed by atoms with Gasteiger partial charge in [-0.3, -0.25) is 24.0 Å². The molecule has 0 aromatic heterocycles. The first-order valence-electron chi connectivity index (χ1n) is 9.47. The van der Waals surface area contributed by atoms with Crippen LogP contribution in [0.4, 0.5) is 0 Å². The monoisotopic (exact) mass is 396 g/mol. The smallest absolute Gasteiger partial charge is 0.309 e. The van der Waals surface area contributed by atoms with Crippen LogP contribution in [0.5, 0.6) is 0 Å². The van der Waals surface area contributed by atoms with E-state index in [9.17, 15) is 29.1 Å². The van der Waals surface area contributed by atoms with Crippen LogP contribution in [0.25, 0.3) is 0 Å². The first kappa shape index (κ1) is 21.8. The van der Waals surface area contributed by atoms with Gasteiger partial charge in [0, 0.05) is 12.5 Å². The van der Waals surface area contributed by atoms with Gasteiger partial charge < -0.3 is 26.8 Å². The zero-order chi connectivity index (χ0) is 20.9. The van der Waals surface area contributed by atoms with E-state index in [2.05, 4.69) is 16.0 Å². The molecule has 156 valence electrons. The fourth-order valence-corrected chi connectivity index (χ4v) is 3.72. The Bertz CT molecular complexity index is 660. The van der Waals surface area contributed by atoms with Crippen molar-refractivity contribution in [3.8, 4) is 0 Å². The van der Waals surface area contributed by atoms with Crippen LogP contribution in [0.2, 0.25) is 0 Å². The summed E-state index contributed by atoms with van der Waals surface area (Å²) in [6.07, 6.45) is 3.66. The fraction of sp³-hybridized carbons (Fsp3) is 0.722. The number of carbonyl (C=O) groups excluding carboxylic acids is 5. The van der Waals surface area contributed by atoms with Crippen LogP contribution in [-0.4, -0.2) is 59.8 Å². The molecule has 0 unspecified atom stereocenters. The minimum atomic E-state index is -1.21. The Kier molecular flexibility index (Phi) is 7.11. The van der Waals surface area contributed by atoms with Crippen LogP contribution in [-0.2, 0) is 24.0 Å². The molecule has 28 heavy (non-hydrogen) atoms. The summed E-state index contributed by atoms with van der Waals surface area (Å²) >= 11 is 0. The van der Waals surface area contributed by atoms with Gasteiger partial charge in [0.15, 0.2) is 5.78 Å². The standard InChI is InChI=1S/C18H28N4O6/c1-18(4-2-5-18)8-12(22-17(28)14(19)25)16(27)21-11(13(24)9-23)7-10-3-6-20-15(10)26/h10-12,23H,2-9H2,1H3,(H2,19,25)(H,20,26)(H,21,27)(H,22,28)/t10-,11-,12-/m0/s1. The predicted molar refractivity (Wildman–Crippen MR) is 97.5 cm³/mol. The maximum atomic E-state index is 12.8. The van der Waals surface area contributed by atoms with Crippen LogP contribution in [0.3, 0.4) is 0 Å². The number of Topliss-reactive ketones (excluding diaryl/α,β-unsaturated/α-hetero) is 1. The van der Waals surface area contributed by atoms with Gasteiger partial charge in [-0.05, 0) is 37.5 Å². The van der Waals surface area contributed by atoms with Crippen molar-refractivity contribution in [1.29, 1.82) is 0 Å². The van der Waals surface area contributed by atoms with E-state index >= 15 is 0 Å². The molecule has 1 aliphatic carbocycles. The van der Waals surface area contributed by atoms with E-state index in [1.54, 1.807) is 0 Å². The SMILES string of the molecule is CC1(C[C@H](NC(=O)C(N)=O)C(=O)N[C@@H](C[C@@H]2CCNC2=O)C(=O)CO)CCC1. The highest BCUT2D eigenvalue weighted by atomic mass is 16.3. The molecular weight excluding hydrogens is 368 g/mol. The highest BCUT2D eigenvalue weighted by molar-refractivity contribution is 6.34. The van der Waals surface area contributed by atoms with Gasteiger partial charge in [-0.2, -0.15) is 0 Å². The van der Waals surface area contributed by atoms with Gasteiger partial charge in [0.1, 0.15) is 12.6 Å². The largest absolute Gasteiger partial charge is 0.389 e. The average Bonchev–Trinajstić information content (AvgIpc) is 3.02. The van der Waals surface area contributed by atoms with Crippen molar-refractivity contribution in [2.75, 3.05) is 13.2 Å². The van der Waals surface area contributed by atoms with Crippen molar-refractivity contribution in [3.05, 3.63) is 0 Å². The van der Waals surface area contributed by atoms with Crippen LogP contribution >= 0.6 is 0 Å². The van der Waals surface area contributed by atoms with Gasteiger partial charge in [0.25, 0.3) is 0 Å². The number of carbonyl (C=O) groups is 5. The second-order valence-electron chi connectivity index (χ2n) is 7.96. The normalized spacial score (nSPS) is 22.4. The van der Waals surface area contributed by atoms with Crippen molar-refractivity contribution in [3.63, 3.8) is 0 Å². The Labute approximate surface area is 163 Å². The molecule has 1 saturated heterocycles. The molecular formula is C18H28N4O6. The zero-order valence-electron chi connectivity index (χ0n) is 16.0. The molecule has 3 atom stereocenters. The van der Waals surface area contributed by atoms with E-state index in [4.69, 9.17) is 5.73 Å². The molecule has 6 N–H and O–H groups in total. The summed E-state index contributed by atoms with van der Waals surface area (Å²) < 4.78 is 0. The molecule has 2 aliphatic rings. The highest BCUT2D eigenvalue weighted by Crippen LogP contribution is 2.44. The Hall–Kier alpha value is -2.49. The average molecular weight is 396 g/mol. The first-order chi connectivity index (χ1) is 13.1. The number of ketones is 1. The maximum absolute atomic E-state index is 12.8. The van der Waals surface area contributed by atoms with Crippen molar-refractivity contribution >= 4 is 29.4 Å². The second-order valence-corrected chi connectivity index (χ2v) is 7.96. The lowest BCUT2D eigenvalue weighted by atomic mass is 9.67. The van der Waals surface area contributed by atoms with Gasteiger partial charge >= 0.3 is 11.8 Å². The van der Waals surface area contributed by atoms with Gasteiger partial charge in [-0.25, -0.2) is 0 Å². The molecule has 0 aromatic rings. The van der Waals surface area contributed by atoms with Crippen LogP contribution < -0.4 is 21.7 Å². The molecule has 4 amide bonds. The van der Waals surface area contributed by atoms with Gasteiger partial charge in [0.05, 0.1) is 6.04 Å². The lowest BCUT2D eigenvalue weighted by Gasteiger charge is -2.40. The van der Waals surface area contributed by atoms with Gasteiger partial charge in [-0.15, -0.1) is 0 Å². The number of nitrogens with two attached hydrogens (primary N) is 1. The number of rotatable bonds is 9. The molecule has 2 rings (SSSR count). The molecule has 10 nitrogen and oxygen atoms in total. The van der Waals surface area contributed by atoms with Crippen LogP contribution in [0.1, 0.15) is 45.4 Å². The van der Waals surface area contributed by atoms with Crippen LogP contribution in [0, 0.1) is 11.3 Å². The molecule has 0 radical (unpaired) electrons. The minimum Gasteiger partial charge on any atom is -0.389 e. The maximum Gasteiger partial charge on any atom is 0.309 e. The summed E-state index contributed by atoms with van der Waals surface area (Å²) in [6, 6.07) is -2.11. The summed E-state index contributed by atoms with van der Waals surface area (Å²) in [7, 11) is 0. The molecule has 10 heteroatoms. The number of hydrogen-bond acceptors (Lipinski definition) is 6. The Balaban J connectivity index is 2.09. The Morgan fingerprint density at radius 3 is 2.39 bits per heavy atom. The molecule has 1 aliphatic heterocycles. The third-order valence-electron chi connectivity index (χ3n) is 5.65. The number of amides is 4. The number of primary amides is 1. The van der Waals surface area contributed by atoms with Crippen LogP contribution in [0.15, 0.2) is 0 Å². The van der Waals surface area contributed by atoms with E-state index in [1.165, 1.54) is 0 Å². The molecule has 1 saturated carbocycles. The Morgan fingerprint density at radius 1 is 1.25 bits per heavy atom. The van der Waals surface area contributed by atoms with Crippen molar-refractivity contribution < 1.29 is 29.1 Å². The summed E-state index contributed by atoms with van der Waals surface area (Å²) in [5.74, 6) is -4.20. The van der Waals surface area contributed by atoms with Crippen molar-refractivity contribution in [2.45, 2.75) is 57.5 Å². The molecule has 0 aromatic carbocycles. The van der Waals surface area contributed by atoms with Gasteiger partial charge in [0.2, 0.25) is 11.8 Å². The fourth-order valence-electron chi connectivity index (χ4n) is 3.72. The van der Waals surface area contributed by atoms with Crippen molar-refractivity contribution in [1.82, 2.24) is 16.0 Å². The quantitative estimate of drug-likeness (QED) is 0.286. The molecule has 0 bridgehead atoms. The number of hydrogen-bond donors (Lipinski definition) is 5. The van der Waals surface area contributed by atoms with Gasteiger partial charge in [-0.1, -0.05) is 13.3 Å². The topological polar surface area (TPSA) is 168 Å². The first-order valence-corrected chi connectivity index (χ1v) is 9.47. The number of nitrogens with one attached hydrogen (secondary N) is 3. The molecule has 1 heterocycles. The summed E-state index contributed by atoms with van der Waals surface area (Å²) in [5.41, 5.74) is 4.82. The zero-order valence-corrected chi connectivity index (χ0v) is 16.0. The second kappa shape index (κ2) is 9.13. The van der Waals surface area contributed by atoms with E-state index < -0.39 is 48.1 Å². The van der Waals surface area contributed by atoms with Crippen molar-refractivity contribution in [2.24, 2.45) is 17.1 Å². The third-order valence-corrected chi connectivity index (χ3v) is 5.65. The number of aliphatic hydroxyl groups is 1. The summed E-state index contributed by atoms with van der Waals surface area (Å²) in [5, 5.41) is 16.7. The number of aliphatic hydroxyl groups excluding tert-OH is 1. The van der Waals surface area contributed by atoms with E-state index in [0.29, 0.717) is 19.4 Å². The lowest BCUT2D eigenvalue weighted by molar-refractivity contribution is -0.140. The summed E-state index contributed by atoms with van der Waals surface area (Å²) in [6.45, 7) is 1.69. The lowest BCUT2D eigenvalue weighted by Crippen LogP contribution is -2.56. The summed E-state index contributed by atoms with van der Waals surface area (Å²) in [4.78, 5) is 59.5. The van der Waals surface area contributed by atoms with E-state index in [-0.39, 0.29) is 17.7 Å². The predicted octanol–water partition coefficient (Wildman–Crippen LogP) is -1.89. The third kappa shape index (κ3) is 5.51. The molecule has 0 spiro atoms. The molecule has 2 fully saturated rings. The minimum absolute atomic E-state index is 0.0602. The van der Waals surface area contributed by atoms with E-state index in [0.717, 1.165) is 19.3 Å². The Morgan fingerprint density at radius 2 is 1.93 bits per heavy atom. The highest BCUT2D eigenvalue weighted by Gasteiger charge is 2.39.